The molecule has 0 aliphatic carbocycles. The van der Waals surface area contributed by atoms with E-state index in [0.717, 1.165) is 45.4 Å². The second-order valence-corrected chi connectivity index (χ2v) is 4.25. The maximum absolute atomic E-state index is 11.9. The minimum absolute atomic E-state index is 0.0313. The van der Waals surface area contributed by atoms with Crippen molar-refractivity contribution in [1.29, 1.82) is 0 Å². The number of unbranched alkanes of at least 4 members (excludes halogenated alkanes) is 2. The van der Waals surface area contributed by atoms with Crippen molar-refractivity contribution in [2.75, 3.05) is 25.6 Å². The monoisotopic (exact) mass is 253 g/mol. The predicted octanol–water partition coefficient (Wildman–Crippen LogP) is 1.88. The average molecular weight is 253 g/mol. The van der Waals surface area contributed by atoms with Crippen molar-refractivity contribution < 1.29 is 4.74 Å². The van der Waals surface area contributed by atoms with Crippen LogP contribution in [0.25, 0.3) is 0 Å². The highest BCUT2D eigenvalue weighted by molar-refractivity contribution is 5.30. The summed E-state index contributed by atoms with van der Waals surface area (Å²) in [6.07, 6.45) is 7.52. The zero-order valence-corrected chi connectivity index (χ0v) is 11.3. The van der Waals surface area contributed by atoms with Crippen LogP contribution in [0.4, 0.5) is 5.82 Å². The number of nitrogens with zero attached hydrogens (tertiary/aromatic N) is 2. The minimum Gasteiger partial charge on any atom is -0.385 e. The lowest BCUT2D eigenvalue weighted by Gasteiger charge is -2.08. The fraction of sp³-hybridized carbons (Fsp3) is 0.692. The molecule has 0 unspecified atom stereocenters. The summed E-state index contributed by atoms with van der Waals surface area (Å²) in [5.74, 6) is 0.456. The lowest BCUT2D eigenvalue weighted by atomic mass is 10.2. The summed E-state index contributed by atoms with van der Waals surface area (Å²) in [4.78, 5) is 16.0. The molecule has 0 radical (unpaired) electrons. The van der Waals surface area contributed by atoms with E-state index in [9.17, 15) is 4.79 Å². The van der Waals surface area contributed by atoms with Gasteiger partial charge in [0.05, 0.1) is 0 Å². The third kappa shape index (κ3) is 4.87. The highest BCUT2D eigenvalue weighted by Gasteiger charge is 2.02. The zero-order valence-electron chi connectivity index (χ0n) is 11.3. The van der Waals surface area contributed by atoms with Gasteiger partial charge in [-0.25, -0.2) is 4.98 Å². The summed E-state index contributed by atoms with van der Waals surface area (Å²) in [6, 6.07) is 0. The highest BCUT2D eigenvalue weighted by atomic mass is 16.5. The minimum atomic E-state index is -0.0313. The van der Waals surface area contributed by atoms with E-state index in [4.69, 9.17) is 4.74 Å². The molecule has 0 saturated heterocycles. The molecule has 102 valence electrons. The first-order valence-corrected chi connectivity index (χ1v) is 6.57. The Hall–Kier alpha value is -1.36. The van der Waals surface area contributed by atoms with Crippen LogP contribution in [0.3, 0.4) is 0 Å². The topological polar surface area (TPSA) is 56.1 Å². The van der Waals surface area contributed by atoms with Crippen LogP contribution < -0.4 is 10.9 Å². The number of hydrogen-bond acceptors (Lipinski definition) is 4. The van der Waals surface area contributed by atoms with E-state index in [-0.39, 0.29) is 5.56 Å². The van der Waals surface area contributed by atoms with Crippen LogP contribution in [0.1, 0.15) is 32.6 Å². The Bertz CT molecular complexity index is 390. The molecule has 5 heteroatoms. The molecule has 0 atom stereocenters. The van der Waals surface area contributed by atoms with Crippen molar-refractivity contribution in [3.05, 3.63) is 22.7 Å². The summed E-state index contributed by atoms with van der Waals surface area (Å²) >= 11 is 0. The Labute approximate surface area is 108 Å². The molecular formula is C13H23N3O2. The number of ether oxygens (including phenoxy) is 1. The van der Waals surface area contributed by atoms with Gasteiger partial charge in [-0.1, -0.05) is 6.92 Å². The van der Waals surface area contributed by atoms with E-state index in [1.165, 1.54) is 0 Å². The summed E-state index contributed by atoms with van der Waals surface area (Å²) in [5, 5.41) is 3.10. The summed E-state index contributed by atoms with van der Waals surface area (Å²) < 4.78 is 6.68. The van der Waals surface area contributed by atoms with Crippen LogP contribution in [-0.2, 0) is 11.3 Å². The van der Waals surface area contributed by atoms with Crippen LogP contribution in [0, 0.1) is 0 Å². The van der Waals surface area contributed by atoms with Gasteiger partial charge in [-0.2, -0.15) is 0 Å². The Kier molecular flexibility index (Phi) is 7.10. The van der Waals surface area contributed by atoms with Gasteiger partial charge in [0.1, 0.15) is 0 Å². The Morgan fingerprint density at radius 1 is 1.39 bits per heavy atom. The summed E-state index contributed by atoms with van der Waals surface area (Å²) in [7, 11) is 1.71. The molecule has 1 aromatic heterocycles. The lowest BCUT2D eigenvalue weighted by molar-refractivity contribution is 0.192. The quantitative estimate of drug-likeness (QED) is 0.683. The Balaban J connectivity index is 2.38. The SMILES string of the molecule is CCCn1ccnc(NCCCCCOC)c1=O. The number of rotatable bonds is 9. The van der Waals surface area contributed by atoms with E-state index in [2.05, 4.69) is 17.2 Å². The number of aryl methyl sites for hydroxylation is 1. The molecule has 18 heavy (non-hydrogen) atoms. The maximum atomic E-state index is 11.9. The van der Waals surface area contributed by atoms with Gasteiger partial charge in [0.25, 0.3) is 5.56 Å². The molecule has 0 bridgehead atoms. The molecule has 0 aliphatic rings. The van der Waals surface area contributed by atoms with Crippen LogP contribution in [0.5, 0.6) is 0 Å². The Morgan fingerprint density at radius 3 is 2.94 bits per heavy atom. The van der Waals surface area contributed by atoms with Gasteiger partial charge in [-0.15, -0.1) is 0 Å². The normalized spacial score (nSPS) is 10.6. The lowest BCUT2D eigenvalue weighted by Crippen LogP contribution is -2.24. The number of anilines is 1. The van der Waals surface area contributed by atoms with E-state index in [1.807, 2.05) is 0 Å². The highest BCUT2D eigenvalue weighted by Crippen LogP contribution is 1.98. The number of nitrogens with one attached hydrogen (secondary N) is 1. The molecule has 0 amide bonds. The molecule has 0 aromatic carbocycles. The largest absolute Gasteiger partial charge is 0.385 e. The van der Waals surface area contributed by atoms with Crippen molar-refractivity contribution in [2.45, 2.75) is 39.2 Å². The van der Waals surface area contributed by atoms with Crippen LogP contribution >= 0.6 is 0 Å². The first-order valence-electron chi connectivity index (χ1n) is 6.57. The van der Waals surface area contributed by atoms with Gasteiger partial charge < -0.3 is 14.6 Å². The fourth-order valence-corrected chi connectivity index (χ4v) is 1.74. The molecule has 5 nitrogen and oxygen atoms in total. The number of methoxy groups -OCH3 is 1. The second-order valence-electron chi connectivity index (χ2n) is 4.25. The molecule has 1 rings (SSSR count). The predicted molar refractivity (Wildman–Crippen MR) is 73.0 cm³/mol. The molecule has 0 fully saturated rings. The van der Waals surface area contributed by atoms with E-state index in [1.54, 1.807) is 24.1 Å². The smallest absolute Gasteiger partial charge is 0.293 e. The van der Waals surface area contributed by atoms with E-state index >= 15 is 0 Å². The van der Waals surface area contributed by atoms with Crippen LogP contribution in [0.15, 0.2) is 17.2 Å². The Morgan fingerprint density at radius 2 is 2.22 bits per heavy atom. The number of hydrogen-bond donors (Lipinski definition) is 1. The van der Waals surface area contributed by atoms with Crippen molar-refractivity contribution in [1.82, 2.24) is 9.55 Å². The second kappa shape index (κ2) is 8.69. The van der Waals surface area contributed by atoms with Crippen LogP contribution in [0.2, 0.25) is 0 Å². The first kappa shape index (κ1) is 14.7. The standard InChI is InChI=1S/C13H23N3O2/c1-3-9-16-10-8-15-12(13(16)17)14-7-5-4-6-11-18-2/h8,10H,3-7,9,11H2,1-2H3,(H,14,15). The molecule has 1 heterocycles. The molecule has 1 N–H and O–H groups in total. The van der Waals surface area contributed by atoms with Gasteiger partial charge >= 0.3 is 0 Å². The first-order chi connectivity index (χ1) is 8.79. The zero-order chi connectivity index (χ0) is 13.2. The average Bonchev–Trinajstić information content (AvgIpc) is 2.38. The van der Waals surface area contributed by atoms with Gasteiger partial charge in [-0.3, -0.25) is 4.79 Å². The molecule has 1 aromatic rings. The molecular weight excluding hydrogens is 230 g/mol. The molecule has 0 saturated carbocycles. The van der Waals surface area contributed by atoms with Crippen molar-refractivity contribution >= 4 is 5.82 Å². The van der Waals surface area contributed by atoms with Crippen molar-refractivity contribution in [2.24, 2.45) is 0 Å². The van der Waals surface area contributed by atoms with Crippen molar-refractivity contribution in [3.8, 4) is 0 Å². The van der Waals surface area contributed by atoms with E-state index in [0.29, 0.717) is 5.82 Å². The maximum Gasteiger partial charge on any atom is 0.293 e. The number of aromatic nitrogens is 2. The fourth-order valence-electron chi connectivity index (χ4n) is 1.74. The summed E-state index contributed by atoms with van der Waals surface area (Å²) in [6.45, 7) is 4.37. The van der Waals surface area contributed by atoms with Crippen LogP contribution in [-0.4, -0.2) is 29.8 Å². The van der Waals surface area contributed by atoms with Gasteiger partial charge in [-0.05, 0) is 25.7 Å². The van der Waals surface area contributed by atoms with Gasteiger partial charge in [0.2, 0.25) is 0 Å². The third-order valence-corrected chi connectivity index (χ3v) is 2.70. The van der Waals surface area contributed by atoms with Gasteiger partial charge in [0.15, 0.2) is 5.82 Å². The van der Waals surface area contributed by atoms with E-state index < -0.39 is 0 Å². The molecule has 0 aliphatic heterocycles. The van der Waals surface area contributed by atoms with Gasteiger partial charge in [0, 0.05) is 39.2 Å². The third-order valence-electron chi connectivity index (χ3n) is 2.70. The summed E-state index contributed by atoms with van der Waals surface area (Å²) in [5.41, 5.74) is -0.0313. The molecule has 0 spiro atoms. The van der Waals surface area contributed by atoms with Crippen molar-refractivity contribution in [3.63, 3.8) is 0 Å².